The summed E-state index contributed by atoms with van der Waals surface area (Å²) >= 11 is 1.92. The Bertz CT molecular complexity index is 468. The zero-order chi connectivity index (χ0) is 13.3. The van der Waals surface area contributed by atoms with Gasteiger partial charge in [-0.05, 0) is 23.6 Å². The molecular weight excluding hydrogens is 252 g/mol. The predicted molar refractivity (Wildman–Crippen MR) is 84.5 cm³/mol. The Kier molecular flexibility index (Phi) is 5.76. The Labute approximate surface area is 119 Å². The number of nitrogens with zero attached hydrogens (tertiary/aromatic N) is 1. The van der Waals surface area contributed by atoms with Gasteiger partial charge in [0.15, 0.2) is 0 Å². The van der Waals surface area contributed by atoms with E-state index in [1.54, 1.807) is 0 Å². The number of benzene rings is 1. The molecule has 2 rings (SSSR count). The number of nitrogens with one attached hydrogen (secondary N) is 1. The molecule has 0 aliphatic heterocycles. The number of rotatable bonds is 7. The van der Waals surface area contributed by atoms with E-state index in [1.165, 1.54) is 11.1 Å². The first kappa shape index (κ1) is 13.9. The Hall–Kier alpha value is -1.48. The molecule has 2 nitrogen and oxygen atoms in total. The van der Waals surface area contributed by atoms with E-state index in [4.69, 9.17) is 0 Å². The smallest absolute Gasteiger partial charge is 0.125 e. The normalized spacial score (nSPS) is 10.4. The van der Waals surface area contributed by atoms with E-state index >= 15 is 0 Å². The van der Waals surface area contributed by atoms with Crippen LogP contribution in [0.15, 0.2) is 48.7 Å². The molecule has 100 valence electrons. The molecule has 0 saturated carbocycles. The highest BCUT2D eigenvalue weighted by Gasteiger charge is 1.97. The van der Waals surface area contributed by atoms with Gasteiger partial charge in [0, 0.05) is 24.2 Å². The van der Waals surface area contributed by atoms with Crippen molar-refractivity contribution in [2.75, 3.05) is 11.9 Å². The van der Waals surface area contributed by atoms with Gasteiger partial charge in [0.1, 0.15) is 5.82 Å². The second kappa shape index (κ2) is 7.85. The van der Waals surface area contributed by atoms with Crippen LogP contribution in [-0.4, -0.2) is 11.5 Å². The van der Waals surface area contributed by atoms with Crippen LogP contribution in [0.4, 0.5) is 5.82 Å². The SMILES string of the molecule is CCCNc1ccc(CSCc2ccccc2)cn1. The third-order valence-electron chi connectivity index (χ3n) is 2.76. The maximum Gasteiger partial charge on any atom is 0.125 e. The third-order valence-corrected chi connectivity index (χ3v) is 3.84. The van der Waals surface area contributed by atoms with Crippen molar-refractivity contribution in [3.63, 3.8) is 0 Å². The molecule has 0 unspecified atom stereocenters. The summed E-state index contributed by atoms with van der Waals surface area (Å²) in [7, 11) is 0. The number of hydrogen-bond donors (Lipinski definition) is 1. The van der Waals surface area contributed by atoms with Gasteiger partial charge >= 0.3 is 0 Å². The van der Waals surface area contributed by atoms with Crippen LogP contribution in [0.1, 0.15) is 24.5 Å². The summed E-state index contributed by atoms with van der Waals surface area (Å²) in [5.41, 5.74) is 2.66. The molecule has 0 saturated heterocycles. The second-order valence-corrected chi connectivity index (χ2v) is 5.44. The molecule has 0 atom stereocenters. The number of aromatic nitrogens is 1. The first-order valence-electron chi connectivity index (χ1n) is 6.69. The fraction of sp³-hybridized carbons (Fsp3) is 0.312. The van der Waals surface area contributed by atoms with Crippen molar-refractivity contribution in [2.45, 2.75) is 24.9 Å². The van der Waals surface area contributed by atoms with Gasteiger partial charge in [-0.2, -0.15) is 11.8 Å². The average molecular weight is 272 g/mol. The molecule has 0 spiro atoms. The van der Waals surface area contributed by atoms with E-state index in [0.29, 0.717) is 0 Å². The number of anilines is 1. The van der Waals surface area contributed by atoms with Crippen LogP contribution in [0.25, 0.3) is 0 Å². The van der Waals surface area contributed by atoms with E-state index in [9.17, 15) is 0 Å². The maximum absolute atomic E-state index is 4.42. The topological polar surface area (TPSA) is 24.9 Å². The first-order chi connectivity index (χ1) is 9.38. The van der Waals surface area contributed by atoms with E-state index in [-0.39, 0.29) is 0 Å². The van der Waals surface area contributed by atoms with Crippen molar-refractivity contribution in [3.8, 4) is 0 Å². The van der Waals surface area contributed by atoms with Crippen LogP contribution in [0.5, 0.6) is 0 Å². The van der Waals surface area contributed by atoms with Crippen LogP contribution in [0, 0.1) is 0 Å². The van der Waals surface area contributed by atoms with Gasteiger partial charge in [-0.1, -0.05) is 43.3 Å². The van der Waals surface area contributed by atoms with Crippen molar-refractivity contribution in [2.24, 2.45) is 0 Å². The molecule has 1 aromatic carbocycles. The molecular formula is C16H20N2S. The summed E-state index contributed by atoms with van der Waals surface area (Å²) in [6, 6.07) is 14.8. The molecule has 2 aromatic rings. The minimum atomic E-state index is 0.971. The van der Waals surface area contributed by atoms with E-state index in [2.05, 4.69) is 59.7 Å². The first-order valence-corrected chi connectivity index (χ1v) is 7.84. The summed E-state index contributed by atoms with van der Waals surface area (Å²) < 4.78 is 0. The zero-order valence-corrected chi connectivity index (χ0v) is 12.1. The Morgan fingerprint density at radius 2 is 1.79 bits per heavy atom. The molecule has 19 heavy (non-hydrogen) atoms. The van der Waals surface area contributed by atoms with Gasteiger partial charge in [-0.15, -0.1) is 0 Å². The molecule has 0 amide bonds. The molecule has 0 radical (unpaired) electrons. The van der Waals surface area contributed by atoms with Crippen LogP contribution in [0.2, 0.25) is 0 Å². The quantitative estimate of drug-likeness (QED) is 0.811. The monoisotopic (exact) mass is 272 g/mol. The number of thioether (sulfide) groups is 1. The summed E-state index contributed by atoms with van der Waals surface area (Å²) in [6.07, 6.45) is 3.09. The third kappa shape index (κ3) is 4.95. The second-order valence-electron chi connectivity index (χ2n) is 4.46. The van der Waals surface area contributed by atoms with E-state index in [0.717, 1.165) is 30.3 Å². The zero-order valence-electron chi connectivity index (χ0n) is 11.3. The van der Waals surface area contributed by atoms with Gasteiger partial charge in [0.2, 0.25) is 0 Å². The summed E-state index contributed by atoms with van der Waals surface area (Å²) in [4.78, 5) is 4.42. The standard InChI is InChI=1S/C16H20N2S/c1-2-10-17-16-9-8-15(11-18-16)13-19-12-14-6-4-3-5-7-14/h3-9,11H,2,10,12-13H2,1H3,(H,17,18). The minimum Gasteiger partial charge on any atom is -0.370 e. The Morgan fingerprint density at radius 1 is 1.00 bits per heavy atom. The average Bonchev–Trinajstić information content (AvgIpc) is 2.47. The fourth-order valence-electron chi connectivity index (χ4n) is 1.73. The van der Waals surface area contributed by atoms with Crippen molar-refractivity contribution in [1.29, 1.82) is 0 Å². The number of pyridine rings is 1. The van der Waals surface area contributed by atoms with Crippen molar-refractivity contribution < 1.29 is 0 Å². The molecule has 1 N–H and O–H groups in total. The Balaban J connectivity index is 1.77. The lowest BCUT2D eigenvalue weighted by atomic mass is 10.2. The molecule has 1 aromatic heterocycles. The highest BCUT2D eigenvalue weighted by Crippen LogP contribution is 2.17. The molecule has 3 heteroatoms. The van der Waals surface area contributed by atoms with Crippen molar-refractivity contribution >= 4 is 17.6 Å². The molecule has 0 aliphatic carbocycles. The fourth-order valence-corrected chi connectivity index (χ4v) is 2.67. The summed E-state index contributed by atoms with van der Waals surface area (Å²) in [6.45, 7) is 3.14. The van der Waals surface area contributed by atoms with Crippen LogP contribution >= 0.6 is 11.8 Å². The van der Waals surface area contributed by atoms with Gasteiger partial charge in [-0.3, -0.25) is 0 Å². The van der Waals surface area contributed by atoms with Crippen LogP contribution < -0.4 is 5.32 Å². The molecule has 0 bridgehead atoms. The lowest BCUT2D eigenvalue weighted by Gasteiger charge is -2.05. The molecule has 0 aliphatic rings. The maximum atomic E-state index is 4.42. The summed E-state index contributed by atoms with van der Waals surface area (Å²) in [5.74, 6) is 3.03. The van der Waals surface area contributed by atoms with Gasteiger partial charge in [-0.25, -0.2) is 4.98 Å². The van der Waals surface area contributed by atoms with E-state index in [1.807, 2.05) is 18.0 Å². The van der Waals surface area contributed by atoms with Crippen molar-refractivity contribution in [1.82, 2.24) is 4.98 Å². The minimum absolute atomic E-state index is 0.971. The Morgan fingerprint density at radius 3 is 2.47 bits per heavy atom. The van der Waals surface area contributed by atoms with E-state index < -0.39 is 0 Å². The molecule has 1 heterocycles. The summed E-state index contributed by atoms with van der Waals surface area (Å²) in [5, 5.41) is 3.29. The van der Waals surface area contributed by atoms with Gasteiger partial charge in [0.05, 0.1) is 0 Å². The largest absolute Gasteiger partial charge is 0.370 e. The van der Waals surface area contributed by atoms with Crippen LogP contribution in [-0.2, 0) is 11.5 Å². The number of hydrogen-bond acceptors (Lipinski definition) is 3. The van der Waals surface area contributed by atoms with Gasteiger partial charge < -0.3 is 5.32 Å². The predicted octanol–water partition coefficient (Wildman–Crippen LogP) is 4.34. The highest BCUT2D eigenvalue weighted by atomic mass is 32.2. The van der Waals surface area contributed by atoms with Crippen molar-refractivity contribution in [3.05, 3.63) is 59.8 Å². The lowest BCUT2D eigenvalue weighted by Crippen LogP contribution is -2.01. The van der Waals surface area contributed by atoms with Gasteiger partial charge in [0.25, 0.3) is 0 Å². The highest BCUT2D eigenvalue weighted by molar-refractivity contribution is 7.97. The lowest BCUT2D eigenvalue weighted by molar-refractivity contribution is 0.968. The molecule has 0 fully saturated rings. The van der Waals surface area contributed by atoms with Crippen LogP contribution in [0.3, 0.4) is 0 Å².